The summed E-state index contributed by atoms with van der Waals surface area (Å²) in [5.74, 6) is 1.51. The van der Waals surface area contributed by atoms with Crippen molar-refractivity contribution in [3.05, 3.63) is 53.6 Å². The number of ether oxygens (including phenoxy) is 2. The highest BCUT2D eigenvalue weighted by Crippen LogP contribution is 2.27. The van der Waals surface area contributed by atoms with Crippen molar-refractivity contribution in [2.45, 2.75) is 12.1 Å². The summed E-state index contributed by atoms with van der Waals surface area (Å²) >= 11 is 1.28. The van der Waals surface area contributed by atoms with Gasteiger partial charge in [-0.15, -0.1) is 5.10 Å². The van der Waals surface area contributed by atoms with Crippen molar-refractivity contribution < 1.29 is 14.3 Å². The van der Waals surface area contributed by atoms with Crippen LogP contribution in [0.5, 0.6) is 11.5 Å². The van der Waals surface area contributed by atoms with Gasteiger partial charge in [-0.3, -0.25) is 4.79 Å². The number of carbonyl (C=O) groups is 1. The van der Waals surface area contributed by atoms with Crippen LogP contribution in [0.2, 0.25) is 0 Å². The molecular formula is C18H18N4O3S. The largest absolute Gasteiger partial charge is 0.497 e. The lowest BCUT2D eigenvalue weighted by Gasteiger charge is -2.09. The van der Waals surface area contributed by atoms with Crippen LogP contribution in [0.3, 0.4) is 0 Å². The molecular weight excluding hydrogens is 352 g/mol. The molecule has 0 amide bonds. The first-order chi connectivity index (χ1) is 12.6. The van der Waals surface area contributed by atoms with Crippen LogP contribution in [0, 0.1) is 6.92 Å². The zero-order chi connectivity index (χ0) is 18.5. The molecule has 1 heterocycles. The Balaban J connectivity index is 1.79. The molecule has 8 heteroatoms. The first kappa shape index (κ1) is 17.9. The van der Waals surface area contributed by atoms with Crippen molar-refractivity contribution in [3.63, 3.8) is 0 Å². The zero-order valence-corrected chi connectivity index (χ0v) is 15.5. The van der Waals surface area contributed by atoms with Crippen LogP contribution in [0.4, 0.5) is 0 Å². The fraction of sp³-hybridized carbons (Fsp3) is 0.222. The molecule has 7 nitrogen and oxygen atoms in total. The van der Waals surface area contributed by atoms with Crippen LogP contribution in [0.1, 0.15) is 15.9 Å². The Labute approximate surface area is 155 Å². The van der Waals surface area contributed by atoms with Gasteiger partial charge in [0.15, 0.2) is 5.78 Å². The van der Waals surface area contributed by atoms with E-state index in [9.17, 15) is 4.79 Å². The van der Waals surface area contributed by atoms with Gasteiger partial charge in [0.05, 0.1) is 25.7 Å². The molecule has 3 aromatic rings. The molecule has 0 spiro atoms. The summed E-state index contributed by atoms with van der Waals surface area (Å²) in [6, 6.07) is 12.9. The number of thioether (sulfide) groups is 1. The molecule has 0 aliphatic heterocycles. The van der Waals surface area contributed by atoms with E-state index < -0.39 is 0 Å². The Morgan fingerprint density at radius 3 is 2.35 bits per heavy atom. The first-order valence-electron chi connectivity index (χ1n) is 7.85. The topological polar surface area (TPSA) is 79.1 Å². The molecule has 26 heavy (non-hydrogen) atoms. The molecule has 0 aliphatic carbocycles. The Morgan fingerprint density at radius 2 is 1.73 bits per heavy atom. The van der Waals surface area contributed by atoms with E-state index in [0.717, 1.165) is 5.56 Å². The van der Waals surface area contributed by atoms with Crippen molar-refractivity contribution >= 4 is 17.5 Å². The number of carbonyl (C=O) groups excluding carboxylic acids is 1. The Bertz CT molecular complexity index is 887. The third-order valence-corrected chi connectivity index (χ3v) is 4.65. The molecule has 0 saturated heterocycles. The number of methoxy groups -OCH3 is 2. The minimum absolute atomic E-state index is 0.0211. The Hall–Kier alpha value is -2.87. The van der Waals surface area contributed by atoms with Gasteiger partial charge < -0.3 is 9.47 Å². The maximum Gasteiger partial charge on any atom is 0.214 e. The average molecular weight is 370 g/mol. The summed E-state index contributed by atoms with van der Waals surface area (Å²) < 4.78 is 12.1. The SMILES string of the molecule is COc1cc(OC)cc(-n2nnnc2SCC(=O)c2ccc(C)cc2)c1. The average Bonchev–Trinajstić information content (AvgIpc) is 3.14. The number of tetrazole rings is 1. The summed E-state index contributed by atoms with van der Waals surface area (Å²) in [5.41, 5.74) is 2.48. The third kappa shape index (κ3) is 4.02. The van der Waals surface area contributed by atoms with Crippen molar-refractivity contribution in [1.29, 1.82) is 0 Å². The normalized spacial score (nSPS) is 10.6. The number of hydrogen-bond acceptors (Lipinski definition) is 7. The van der Waals surface area contributed by atoms with E-state index >= 15 is 0 Å². The van der Waals surface area contributed by atoms with Gasteiger partial charge in [-0.1, -0.05) is 41.6 Å². The maximum absolute atomic E-state index is 12.4. The van der Waals surface area contributed by atoms with Gasteiger partial charge in [0, 0.05) is 23.8 Å². The van der Waals surface area contributed by atoms with Crippen LogP contribution in [-0.4, -0.2) is 46.0 Å². The van der Waals surface area contributed by atoms with E-state index in [1.165, 1.54) is 11.8 Å². The van der Waals surface area contributed by atoms with E-state index in [-0.39, 0.29) is 11.5 Å². The van der Waals surface area contributed by atoms with Gasteiger partial charge in [-0.05, 0) is 17.4 Å². The lowest BCUT2D eigenvalue weighted by Crippen LogP contribution is -2.05. The van der Waals surface area contributed by atoms with Gasteiger partial charge >= 0.3 is 0 Å². The minimum Gasteiger partial charge on any atom is -0.497 e. The van der Waals surface area contributed by atoms with Crippen molar-refractivity contribution in [3.8, 4) is 17.2 Å². The van der Waals surface area contributed by atoms with E-state index in [2.05, 4.69) is 15.5 Å². The van der Waals surface area contributed by atoms with E-state index in [1.807, 2.05) is 31.2 Å². The molecule has 0 saturated carbocycles. The molecule has 0 unspecified atom stereocenters. The molecule has 0 atom stereocenters. The molecule has 2 aromatic carbocycles. The summed E-state index contributed by atoms with van der Waals surface area (Å²) in [7, 11) is 3.15. The highest BCUT2D eigenvalue weighted by Gasteiger charge is 2.14. The molecule has 0 N–H and O–H groups in total. The minimum atomic E-state index is 0.0211. The molecule has 0 radical (unpaired) electrons. The van der Waals surface area contributed by atoms with Gasteiger partial charge in [0.2, 0.25) is 5.16 Å². The van der Waals surface area contributed by atoms with E-state index in [0.29, 0.717) is 27.9 Å². The second-order valence-corrected chi connectivity index (χ2v) is 6.46. The van der Waals surface area contributed by atoms with Crippen LogP contribution < -0.4 is 9.47 Å². The van der Waals surface area contributed by atoms with Crippen molar-refractivity contribution in [2.24, 2.45) is 0 Å². The number of rotatable bonds is 7. The van der Waals surface area contributed by atoms with Gasteiger partial charge in [-0.25, -0.2) is 0 Å². The maximum atomic E-state index is 12.4. The molecule has 0 bridgehead atoms. The fourth-order valence-corrected chi connectivity index (χ4v) is 3.08. The second kappa shape index (κ2) is 8.01. The number of Topliss-reactive ketones (excluding diaryl/α,β-unsaturated/α-hetero) is 1. The van der Waals surface area contributed by atoms with Crippen molar-refractivity contribution in [2.75, 3.05) is 20.0 Å². The van der Waals surface area contributed by atoms with Gasteiger partial charge in [0.25, 0.3) is 0 Å². The predicted molar refractivity (Wildman–Crippen MR) is 98.5 cm³/mol. The highest BCUT2D eigenvalue weighted by molar-refractivity contribution is 7.99. The lowest BCUT2D eigenvalue weighted by atomic mass is 10.1. The Morgan fingerprint density at radius 1 is 1.08 bits per heavy atom. The van der Waals surface area contributed by atoms with Crippen LogP contribution in [0.15, 0.2) is 47.6 Å². The third-order valence-electron chi connectivity index (χ3n) is 3.73. The van der Waals surface area contributed by atoms with Crippen LogP contribution in [0.25, 0.3) is 5.69 Å². The Kier molecular flexibility index (Phi) is 5.52. The smallest absolute Gasteiger partial charge is 0.214 e. The van der Waals surface area contributed by atoms with Crippen molar-refractivity contribution in [1.82, 2.24) is 20.2 Å². The fourth-order valence-electron chi connectivity index (χ4n) is 2.30. The highest BCUT2D eigenvalue weighted by atomic mass is 32.2. The summed E-state index contributed by atoms with van der Waals surface area (Å²) in [4.78, 5) is 12.4. The predicted octanol–water partition coefficient (Wildman–Crippen LogP) is 2.96. The summed E-state index contributed by atoms with van der Waals surface area (Å²) in [5, 5.41) is 12.3. The molecule has 134 valence electrons. The number of nitrogens with zero attached hydrogens (tertiary/aromatic N) is 4. The molecule has 1 aromatic heterocycles. The standard InChI is InChI=1S/C18H18N4O3S/c1-12-4-6-13(7-5-12)17(23)11-26-18-19-20-21-22(18)14-8-15(24-2)10-16(9-14)25-3/h4-10H,11H2,1-3H3. The summed E-state index contributed by atoms with van der Waals surface area (Å²) in [6.45, 7) is 1.99. The lowest BCUT2D eigenvalue weighted by molar-refractivity contribution is 0.102. The number of aromatic nitrogens is 4. The molecule has 3 rings (SSSR count). The molecule has 0 aliphatic rings. The van der Waals surface area contributed by atoms with E-state index in [1.54, 1.807) is 37.1 Å². The second-order valence-electron chi connectivity index (χ2n) is 5.52. The van der Waals surface area contributed by atoms with Gasteiger partial charge in [0.1, 0.15) is 11.5 Å². The molecule has 0 fully saturated rings. The number of hydrogen-bond donors (Lipinski definition) is 0. The number of aryl methyl sites for hydroxylation is 1. The monoisotopic (exact) mass is 370 g/mol. The zero-order valence-electron chi connectivity index (χ0n) is 14.7. The van der Waals surface area contributed by atoms with E-state index in [4.69, 9.17) is 9.47 Å². The van der Waals surface area contributed by atoms with Gasteiger partial charge in [-0.2, -0.15) is 4.68 Å². The van der Waals surface area contributed by atoms with Crippen LogP contribution >= 0.6 is 11.8 Å². The quantitative estimate of drug-likeness (QED) is 0.467. The number of ketones is 1. The number of benzene rings is 2. The first-order valence-corrected chi connectivity index (χ1v) is 8.84. The summed E-state index contributed by atoms with van der Waals surface area (Å²) in [6.07, 6.45) is 0. The van der Waals surface area contributed by atoms with Crippen LogP contribution in [-0.2, 0) is 0 Å².